The van der Waals surface area contributed by atoms with Gasteiger partial charge in [-0.2, -0.15) is 0 Å². The summed E-state index contributed by atoms with van der Waals surface area (Å²) in [5.74, 6) is -2.44. The van der Waals surface area contributed by atoms with Gasteiger partial charge >= 0.3 is 12.0 Å². The minimum atomic E-state index is -1.31. The van der Waals surface area contributed by atoms with Crippen LogP contribution >= 0.6 is 0 Å². The lowest BCUT2D eigenvalue weighted by atomic mass is 9.92. The summed E-state index contributed by atoms with van der Waals surface area (Å²) >= 11 is 0. The van der Waals surface area contributed by atoms with E-state index in [1.807, 2.05) is 6.92 Å². The third kappa shape index (κ3) is 6.90. The molecule has 0 radical (unpaired) electrons. The van der Waals surface area contributed by atoms with Crippen molar-refractivity contribution in [1.82, 2.24) is 4.98 Å². The number of carbonyl (C=O) groups excluding carboxylic acids is 1. The molecular formula is C30H34F2N4O3. The number of nitrogens with zero attached hydrogens (tertiary/aromatic N) is 2. The number of carbonyl (C=O) groups is 2. The zero-order valence-corrected chi connectivity index (χ0v) is 22.4. The zero-order chi connectivity index (χ0) is 28.1. The Morgan fingerprint density at radius 2 is 1.77 bits per heavy atom. The molecule has 0 spiro atoms. The first-order valence-electron chi connectivity index (χ1n) is 13.3. The van der Waals surface area contributed by atoms with Crippen LogP contribution in [0.2, 0.25) is 0 Å². The maximum absolute atomic E-state index is 15.8. The third-order valence-electron chi connectivity index (χ3n) is 6.89. The van der Waals surface area contributed by atoms with Gasteiger partial charge in [-0.15, -0.1) is 0 Å². The fourth-order valence-electron chi connectivity index (χ4n) is 5.09. The molecule has 206 valence electrons. The molecule has 0 saturated heterocycles. The number of aryl methyl sites for hydroxylation is 1. The number of nitrogens with one attached hydrogen (secondary N) is 2. The van der Waals surface area contributed by atoms with Gasteiger partial charge in [-0.3, -0.25) is 4.98 Å². The molecule has 0 aliphatic heterocycles. The van der Waals surface area contributed by atoms with E-state index in [2.05, 4.69) is 34.4 Å². The lowest BCUT2D eigenvalue weighted by Crippen LogP contribution is -2.40. The third-order valence-corrected chi connectivity index (χ3v) is 6.89. The van der Waals surface area contributed by atoms with Crippen molar-refractivity contribution in [2.24, 2.45) is 5.92 Å². The second kappa shape index (κ2) is 12.2. The number of carboxylic acid groups (broad SMARTS) is 1. The summed E-state index contributed by atoms with van der Waals surface area (Å²) in [4.78, 5) is 31.3. The molecule has 1 fully saturated rings. The van der Waals surface area contributed by atoms with Gasteiger partial charge in [0.1, 0.15) is 11.6 Å². The number of benzene rings is 2. The van der Waals surface area contributed by atoms with Crippen molar-refractivity contribution in [1.29, 1.82) is 0 Å². The van der Waals surface area contributed by atoms with Gasteiger partial charge in [0.05, 0.1) is 28.8 Å². The Labute approximate surface area is 227 Å². The number of rotatable bonds is 8. The lowest BCUT2D eigenvalue weighted by Gasteiger charge is -2.38. The lowest BCUT2D eigenvalue weighted by molar-refractivity contribution is 0.0697. The standard InChI is InChI=1S/C30H34F2N4O3/c1-18(2)17-36(22-7-5-4-6-8-22)28-15-26(32)25(24-13-20(31)10-12-23(24)29(37)38)14-27(28)35-30(39)34-21-11-9-19(3)33-16-21/h9-16,18,22H,4-8,17H2,1-3H3,(H,37,38)(H2,34,35,39). The predicted molar refractivity (Wildman–Crippen MR) is 149 cm³/mol. The highest BCUT2D eigenvalue weighted by molar-refractivity contribution is 6.03. The van der Waals surface area contributed by atoms with Crippen LogP contribution in [0, 0.1) is 24.5 Å². The van der Waals surface area contributed by atoms with E-state index < -0.39 is 23.6 Å². The van der Waals surface area contributed by atoms with Gasteiger partial charge in [0.15, 0.2) is 0 Å². The van der Waals surface area contributed by atoms with E-state index in [-0.39, 0.29) is 28.7 Å². The summed E-state index contributed by atoms with van der Waals surface area (Å²) in [5.41, 5.74) is 1.62. The molecule has 0 atom stereocenters. The van der Waals surface area contributed by atoms with Crippen molar-refractivity contribution in [2.45, 2.75) is 58.9 Å². The number of aromatic carboxylic acids is 1. The molecule has 1 saturated carbocycles. The highest BCUT2D eigenvalue weighted by Crippen LogP contribution is 2.39. The molecule has 2 aromatic carbocycles. The number of hydrogen-bond acceptors (Lipinski definition) is 4. The highest BCUT2D eigenvalue weighted by atomic mass is 19.1. The van der Waals surface area contributed by atoms with Crippen LogP contribution < -0.4 is 15.5 Å². The summed E-state index contributed by atoms with van der Waals surface area (Å²) < 4.78 is 30.0. The van der Waals surface area contributed by atoms with Crippen LogP contribution in [-0.4, -0.2) is 34.7 Å². The molecule has 1 aromatic heterocycles. The van der Waals surface area contributed by atoms with E-state index in [1.165, 1.54) is 18.3 Å². The number of amides is 2. The summed E-state index contributed by atoms with van der Waals surface area (Å²) in [7, 11) is 0. The van der Waals surface area contributed by atoms with Crippen molar-refractivity contribution >= 4 is 29.1 Å². The first-order chi connectivity index (χ1) is 18.6. The number of anilines is 3. The van der Waals surface area contributed by atoms with Crippen LogP contribution in [0.25, 0.3) is 11.1 Å². The van der Waals surface area contributed by atoms with E-state index in [4.69, 9.17) is 0 Å². The number of halogens is 2. The first-order valence-corrected chi connectivity index (χ1v) is 13.3. The molecule has 1 aliphatic rings. The maximum Gasteiger partial charge on any atom is 0.336 e. The maximum atomic E-state index is 15.8. The number of aromatic nitrogens is 1. The molecule has 2 amide bonds. The van der Waals surface area contributed by atoms with Crippen molar-refractivity contribution in [3.05, 3.63) is 71.6 Å². The van der Waals surface area contributed by atoms with Gasteiger partial charge in [0.25, 0.3) is 0 Å². The quantitative estimate of drug-likeness (QED) is 0.278. The molecule has 9 heteroatoms. The van der Waals surface area contributed by atoms with Crippen molar-refractivity contribution in [3.63, 3.8) is 0 Å². The Morgan fingerprint density at radius 1 is 1.03 bits per heavy atom. The van der Waals surface area contributed by atoms with Crippen LogP contribution in [0.4, 0.5) is 30.6 Å². The topological polar surface area (TPSA) is 94.6 Å². The van der Waals surface area contributed by atoms with Crippen LogP contribution in [0.5, 0.6) is 0 Å². The fourth-order valence-corrected chi connectivity index (χ4v) is 5.09. The van der Waals surface area contributed by atoms with Crippen LogP contribution in [0.1, 0.15) is 62.0 Å². The van der Waals surface area contributed by atoms with Crippen LogP contribution in [0.15, 0.2) is 48.7 Å². The van der Waals surface area contributed by atoms with Crippen LogP contribution in [0.3, 0.4) is 0 Å². The summed E-state index contributed by atoms with van der Waals surface area (Å²) in [6.45, 7) is 6.64. The zero-order valence-electron chi connectivity index (χ0n) is 22.4. The average Bonchev–Trinajstić information content (AvgIpc) is 2.89. The van der Waals surface area contributed by atoms with Crippen molar-refractivity contribution in [2.75, 3.05) is 22.1 Å². The predicted octanol–water partition coefficient (Wildman–Crippen LogP) is 7.47. The van der Waals surface area contributed by atoms with E-state index in [1.54, 1.807) is 12.1 Å². The summed E-state index contributed by atoms with van der Waals surface area (Å²) in [5, 5.41) is 15.3. The van der Waals surface area contributed by atoms with E-state index in [9.17, 15) is 19.1 Å². The van der Waals surface area contributed by atoms with E-state index in [0.717, 1.165) is 56.0 Å². The SMILES string of the molecule is Cc1ccc(NC(=O)Nc2cc(-c3cc(F)ccc3C(=O)O)c(F)cc2N(CC(C)C)C2CCCCC2)cn1. The molecule has 1 aliphatic carbocycles. The number of urea groups is 1. The second-order valence-corrected chi connectivity index (χ2v) is 10.4. The molecule has 3 aromatic rings. The smallest absolute Gasteiger partial charge is 0.336 e. The van der Waals surface area contributed by atoms with Gasteiger partial charge in [-0.25, -0.2) is 18.4 Å². The van der Waals surface area contributed by atoms with E-state index in [0.29, 0.717) is 23.6 Å². The number of hydrogen-bond donors (Lipinski definition) is 3. The molecule has 39 heavy (non-hydrogen) atoms. The molecular weight excluding hydrogens is 502 g/mol. The van der Waals surface area contributed by atoms with Gasteiger partial charge in [-0.1, -0.05) is 33.1 Å². The summed E-state index contributed by atoms with van der Waals surface area (Å²) in [6, 6.07) is 8.94. The van der Waals surface area contributed by atoms with Crippen LogP contribution in [-0.2, 0) is 0 Å². The van der Waals surface area contributed by atoms with Gasteiger partial charge in [-0.05, 0) is 68.1 Å². The Bertz CT molecular complexity index is 1340. The fraction of sp³-hybridized carbons (Fsp3) is 0.367. The molecule has 0 bridgehead atoms. The minimum Gasteiger partial charge on any atom is -0.478 e. The Morgan fingerprint density at radius 3 is 2.41 bits per heavy atom. The molecule has 1 heterocycles. The second-order valence-electron chi connectivity index (χ2n) is 10.4. The number of pyridine rings is 1. The minimum absolute atomic E-state index is 0.106. The largest absolute Gasteiger partial charge is 0.478 e. The van der Waals surface area contributed by atoms with Gasteiger partial charge in [0.2, 0.25) is 0 Å². The Hall–Kier alpha value is -4.01. The van der Waals surface area contributed by atoms with Gasteiger partial charge in [0, 0.05) is 29.4 Å². The molecule has 0 unspecified atom stereocenters. The number of carboxylic acids is 1. The van der Waals surface area contributed by atoms with Gasteiger partial charge < -0.3 is 20.6 Å². The Balaban J connectivity index is 1.81. The Kier molecular flexibility index (Phi) is 8.79. The first kappa shape index (κ1) is 28.0. The average molecular weight is 537 g/mol. The molecule has 7 nitrogen and oxygen atoms in total. The molecule has 3 N–H and O–H groups in total. The van der Waals surface area contributed by atoms with Crippen molar-refractivity contribution in [3.8, 4) is 11.1 Å². The molecule has 4 rings (SSSR count). The van der Waals surface area contributed by atoms with Crippen molar-refractivity contribution < 1.29 is 23.5 Å². The highest BCUT2D eigenvalue weighted by Gasteiger charge is 2.27. The van der Waals surface area contributed by atoms with E-state index >= 15 is 4.39 Å². The normalized spacial score (nSPS) is 13.8. The summed E-state index contributed by atoms with van der Waals surface area (Å²) in [6.07, 6.45) is 6.71. The monoisotopic (exact) mass is 536 g/mol.